The van der Waals surface area contributed by atoms with Gasteiger partial charge in [-0.3, -0.25) is 0 Å². The van der Waals surface area contributed by atoms with Gasteiger partial charge in [0.1, 0.15) is 29.6 Å². The maximum absolute atomic E-state index is 14.6. The van der Waals surface area contributed by atoms with Crippen molar-refractivity contribution in [2.75, 3.05) is 25.4 Å². The van der Waals surface area contributed by atoms with Crippen molar-refractivity contribution < 1.29 is 31.8 Å². The van der Waals surface area contributed by atoms with Crippen molar-refractivity contribution in [1.82, 2.24) is 14.6 Å². The summed E-state index contributed by atoms with van der Waals surface area (Å²) in [5, 5.41) is 2.58. The molecule has 0 unspecified atom stereocenters. The van der Waals surface area contributed by atoms with E-state index in [9.17, 15) is 17.6 Å². The van der Waals surface area contributed by atoms with Crippen LogP contribution in [0.3, 0.4) is 0 Å². The molecule has 10 nitrogen and oxygen atoms in total. The van der Waals surface area contributed by atoms with Crippen molar-refractivity contribution >= 4 is 22.1 Å². The Morgan fingerprint density at radius 2 is 2.08 bits per heavy atom. The number of pyridine rings is 1. The second kappa shape index (κ2) is 10.3. The lowest BCUT2D eigenvalue weighted by molar-refractivity contribution is -0.00367. The Kier molecular flexibility index (Phi) is 7.28. The number of amidine groups is 1. The van der Waals surface area contributed by atoms with Gasteiger partial charge in [0.25, 0.3) is 6.02 Å². The molecule has 0 aliphatic carbocycles. The van der Waals surface area contributed by atoms with Crippen LogP contribution in [-0.2, 0) is 25.0 Å². The number of nitrogens with one attached hydrogen (secondary N) is 1. The summed E-state index contributed by atoms with van der Waals surface area (Å²) in [6.07, 6.45) is 0.784. The summed E-state index contributed by atoms with van der Waals surface area (Å²) in [7, 11) is -3.53. The molecular weight excluding hydrogens is 539 g/mol. The van der Waals surface area contributed by atoms with Crippen LogP contribution in [0.1, 0.15) is 46.6 Å². The number of rotatable bonds is 4. The zero-order valence-corrected chi connectivity index (χ0v) is 24.1. The lowest BCUT2D eigenvalue weighted by atomic mass is 9.71. The molecule has 3 aliphatic rings. The first-order chi connectivity index (χ1) is 18.8. The highest BCUT2D eigenvalue weighted by atomic mass is 32.2. The fourth-order valence-electron chi connectivity index (χ4n) is 5.59. The predicted octanol–water partition coefficient (Wildman–Crippen LogP) is 4.06. The Bertz CT molecular complexity index is 1440. The first-order valence-electron chi connectivity index (χ1n) is 13.4. The number of hydrogen-bond acceptors (Lipinski definition) is 8. The number of amides is 1. The van der Waals surface area contributed by atoms with E-state index in [-0.39, 0.29) is 36.9 Å². The van der Waals surface area contributed by atoms with Gasteiger partial charge in [-0.05, 0) is 62.9 Å². The van der Waals surface area contributed by atoms with E-state index in [1.165, 1.54) is 10.5 Å². The molecule has 1 spiro atoms. The van der Waals surface area contributed by atoms with Gasteiger partial charge in [-0.2, -0.15) is 4.39 Å². The first-order valence-corrected chi connectivity index (χ1v) is 15.0. The molecular formula is C28H35FN4O6S. The second-order valence-corrected chi connectivity index (χ2v) is 13.9. The van der Waals surface area contributed by atoms with Crippen LogP contribution in [0.25, 0.3) is 11.1 Å². The van der Waals surface area contributed by atoms with Gasteiger partial charge >= 0.3 is 6.09 Å². The van der Waals surface area contributed by atoms with E-state index in [0.717, 1.165) is 0 Å². The number of nitrogens with zero attached hydrogens (tertiary/aromatic N) is 3. The summed E-state index contributed by atoms with van der Waals surface area (Å²) in [5.41, 5.74) is -0.326. The maximum Gasteiger partial charge on any atom is 0.415 e. The number of hydrogen-bond donors (Lipinski definition) is 1. The molecule has 0 bridgehead atoms. The third kappa shape index (κ3) is 5.51. The van der Waals surface area contributed by atoms with Crippen molar-refractivity contribution in [1.29, 1.82) is 0 Å². The minimum atomic E-state index is -3.53. The van der Waals surface area contributed by atoms with Crippen LogP contribution in [0.2, 0.25) is 0 Å². The van der Waals surface area contributed by atoms with Gasteiger partial charge in [0.15, 0.2) is 0 Å². The highest BCUT2D eigenvalue weighted by Gasteiger charge is 2.57. The van der Waals surface area contributed by atoms with E-state index in [1.807, 2.05) is 13.8 Å². The lowest BCUT2D eigenvalue weighted by Gasteiger charge is -2.48. The van der Waals surface area contributed by atoms with Crippen LogP contribution >= 0.6 is 0 Å². The molecule has 1 saturated heterocycles. The molecule has 3 aliphatic heterocycles. The number of fused-ring (bicyclic) bond motifs is 4. The Morgan fingerprint density at radius 3 is 2.77 bits per heavy atom. The molecule has 1 N–H and O–H groups in total. The number of carbonyl (C=O) groups excluding carboxylic acids is 1. The topological polar surface area (TPSA) is 119 Å². The number of ether oxygens (including phenoxy) is 3. The number of carbonyl (C=O) groups is 1. The minimum absolute atomic E-state index is 0.0269. The van der Waals surface area contributed by atoms with Crippen LogP contribution in [-0.4, -0.2) is 67.0 Å². The summed E-state index contributed by atoms with van der Waals surface area (Å²) < 4.78 is 60.3. The van der Waals surface area contributed by atoms with Crippen molar-refractivity contribution in [2.45, 2.75) is 58.3 Å². The molecule has 1 aromatic heterocycles. The van der Waals surface area contributed by atoms with Gasteiger partial charge in [0, 0.05) is 36.3 Å². The maximum atomic E-state index is 14.6. The quantitative estimate of drug-likeness (QED) is 0.547. The normalized spacial score (nSPS) is 24.5. The molecule has 0 radical (unpaired) electrons. The van der Waals surface area contributed by atoms with E-state index in [2.05, 4.69) is 10.3 Å². The van der Waals surface area contributed by atoms with Crippen LogP contribution in [0.5, 0.6) is 5.75 Å². The van der Waals surface area contributed by atoms with Crippen molar-refractivity contribution in [3.8, 4) is 16.9 Å². The fraction of sp³-hybridized carbons (Fsp3) is 0.536. The standard InChI is InChI=1S/C28H35FN4O6S/c1-17(2)15-40(35,36)33-12-10-23-21(14-33)28(16-37-25(32-28)31-26(34)39-27(3,4)5)20-13-18(8-9-22(20)38-23)19-7-6-11-30-24(19)29/h6-9,11,13,17,21,23H,10,12,14-16H2,1-5H3,(H,31,32,34)/t21-,23-,28+/m1/s1. The summed E-state index contributed by atoms with van der Waals surface area (Å²) in [6, 6.07) is 8.57. The van der Waals surface area contributed by atoms with Gasteiger partial charge < -0.3 is 14.2 Å². The zero-order chi connectivity index (χ0) is 28.9. The molecule has 216 valence electrons. The number of halogens is 1. The van der Waals surface area contributed by atoms with Crippen molar-refractivity contribution in [3.05, 3.63) is 48.0 Å². The number of benzene rings is 1. The van der Waals surface area contributed by atoms with Gasteiger partial charge in [0.05, 0.1) is 5.75 Å². The van der Waals surface area contributed by atoms with Gasteiger partial charge in [-0.15, -0.1) is 0 Å². The first kappa shape index (κ1) is 28.3. The third-order valence-corrected chi connectivity index (χ3v) is 9.40. The SMILES string of the molecule is CC(C)CS(=O)(=O)N1CC[C@H]2Oc3ccc(-c4cccnc4F)cc3[C@@]3(COC(NC(=O)OC(C)(C)C)=N3)[C@@H]2C1. The summed E-state index contributed by atoms with van der Waals surface area (Å²) >= 11 is 0. The van der Waals surface area contributed by atoms with Crippen LogP contribution in [0, 0.1) is 17.8 Å². The fourth-order valence-corrected chi connectivity index (χ4v) is 7.41. The molecule has 0 saturated carbocycles. The van der Waals surface area contributed by atoms with E-state index in [0.29, 0.717) is 35.4 Å². The highest BCUT2D eigenvalue weighted by Crippen LogP contribution is 2.51. The smallest absolute Gasteiger partial charge is 0.415 e. The van der Waals surface area contributed by atoms with Crippen LogP contribution in [0.4, 0.5) is 9.18 Å². The molecule has 5 rings (SSSR count). The molecule has 2 aromatic rings. The summed E-state index contributed by atoms with van der Waals surface area (Å²) in [4.78, 5) is 21.2. The predicted molar refractivity (Wildman–Crippen MR) is 147 cm³/mol. The number of aromatic nitrogens is 1. The number of alkyl carbamates (subject to hydrolysis) is 1. The molecule has 3 atom stereocenters. The molecule has 12 heteroatoms. The van der Waals surface area contributed by atoms with Crippen LogP contribution in [0.15, 0.2) is 41.5 Å². The van der Waals surface area contributed by atoms with Gasteiger partial charge in [-0.25, -0.2) is 32.8 Å². The van der Waals surface area contributed by atoms with E-state index >= 15 is 0 Å². The van der Waals surface area contributed by atoms with Gasteiger partial charge in [-0.1, -0.05) is 19.9 Å². The molecule has 1 aromatic carbocycles. The average Bonchev–Trinajstić information content (AvgIpc) is 3.26. The number of piperidine rings is 1. The Labute approximate surface area is 234 Å². The monoisotopic (exact) mass is 574 g/mol. The zero-order valence-electron chi connectivity index (χ0n) is 23.3. The van der Waals surface area contributed by atoms with Gasteiger partial charge in [0.2, 0.25) is 16.0 Å². The Morgan fingerprint density at radius 1 is 1.30 bits per heavy atom. The Balaban J connectivity index is 1.58. The summed E-state index contributed by atoms with van der Waals surface area (Å²) in [5.74, 6) is -0.492. The van der Waals surface area contributed by atoms with Crippen molar-refractivity contribution in [3.63, 3.8) is 0 Å². The van der Waals surface area contributed by atoms with Crippen LogP contribution < -0.4 is 10.1 Å². The Hall–Kier alpha value is -3.25. The van der Waals surface area contributed by atoms with E-state index < -0.39 is 39.1 Å². The molecule has 1 fully saturated rings. The number of sulfonamides is 1. The largest absolute Gasteiger partial charge is 0.490 e. The molecule has 1 amide bonds. The van der Waals surface area contributed by atoms with E-state index in [4.69, 9.17) is 19.2 Å². The van der Waals surface area contributed by atoms with Crippen molar-refractivity contribution in [2.24, 2.45) is 16.8 Å². The average molecular weight is 575 g/mol. The molecule has 40 heavy (non-hydrogen) atoms. The number of aliphatic imine (C=N–C) groups is 1. The lowest BCUT2D eigenvalue weighted by Crippen LogP contribution is -2.58. The van der Waals surface area contributed by atoms with E-state index in [1.54, 1.807) is 51.1 Å². The highest BCUT2D eigenvalue weighted by molar-refractivity contribution is 7.89. The minimum Gasteiger partial charge on any atom is -0.490 e. The summed E-state index contributed by atoms with van der Waals surface area (Å²) in [6.45, 7) is 9.51. The second-order valence-electron chi connectivity index (χ2n) is 11.9. The molecule has 4 heterocycles. The third-order valence-electron chi connectivity index (χ3n) is 7.20.